The number of nitrogens with zero attached hydrogens (tertiary/aromatic N) is 4. The molecule has 0 bridgehead atoms. The zero-order chi connectivity index (χ0) is 43.0. The number of anilines is 3. The van der Waals surface area contributed by atoms with E-state index in [1.807, 2.05) is 0 Å². The first kappa shape index (κ1) is 44.0. The van der Waals surface area contributed by atoms with Gasteiger partial charge in [-0.3, -0.25) is 39.0 Å². The van der Waals surface area contributed by atoms with Crippen molar-refractivity contribution in [2.24, 2.45) is 5.73 Å². The summed E-state index contributed by atoms with van der Waals surface area (Å²) in [6, 6.07) is 7.58. The lowest BCUT2D eigenvalue weighted by Gasteiger charge is -2.31. The Balaban J connectivity index is 0.841. The van der Waals surface area contributed by atoms with Gasteiger partial charge >= 0.3 is 0 Å². The number of primary amides is 1. The fourth-order valence-electron chi connectivity index (χ4n) is 7.23. The Hall–Kier alpha value is -5.54. The van der Waals surface area contributed by atoms with E-state index >= 15 is 0 Å². The summed E-state index contributed by atoms with van der Waals surface area (Å²) in [5, 5.41) is 11.0. The summed E-state index contributed by atoms with van der Waals surface area (Å²) >= 11 is 3.35. The van der Waals surface area contributed by atoms with Gasteiger partial charge in [-0.05, 0) is 72.3 Å². The molecule has 0 saturated carbocycles. The Morgan fingerprint density at radius 3 is 2.47 bits per heavy atom. The predicted molar refractivity (Wildman–Crippen MR) is 219 cm³/mol. The lowest BCUT2D eigenvalue weighted by atomic mass is 10.0. The van der Waals surface area contributed by atoms with Gasteiger partial charge in [-0.2, -0.15) is 4.98 Å². The average molecular weight is 915 g/mol. The summed E-state index contributed by atoms with van der Waals surface area (Å²) in [4.78, 5) is 84.0. The molecule has 0 spiro atoms. The molecular formula is C39H45BrFN9O9S. The molecule has 21 heteroatoms. The first-order valence-corrected chi connectivity index (χ1v) is 22.0. The summed E-state index contributed by atoms with van der Waals surface area (Å²) in [6.07, 6.45) is 6.48. The van der Waals surface area contributed by atoms with Gasteiger partial charge in [0.2, 0.25) is 33.7 Å². The molecule has 1 atom stereocenters. The van der Waals surface area contributed by atoms with Crippen LogP contribution in [-0.4, -0.2) is 107 Å². The second-order valence-corrected chi connectivity index (χ2v) is 17.5. The van der Waals surface area contributed by atoms with Crippen molar-refractivity contribution >= 4 is 78.8 Å². The van der Waals surface area contributed by atoms with Gasteiger partial charge in [-0.15, -0.1) is 0 Å². The van der Waals surface area contributed by atoms with Crippen LogP contribution >= 0.6 is 15.9 Å². The molecule has 6 rings (SSSR count). The molecule has 6 amide bonds. The molecule has 3 aromatic rings. The van der Waals surface area contributed by atoms with E-state index in [9.17, 15) is 41.6 Å². The number of aromatic nitrogens is 2. The van der Waals surface area contributed by atoms with E-state index in [1.54, 1.807) is 12.1 Å². The maximum Gasteiger partial charge on any atom is 0.266 e. The van der Waals surface area contributed by atoms with Crippen molar-refractivity contribution in [3.05, 3.63) is 69.6 Å². The molecule has 2 saturated heterocycles. The van der Waals surface area contributed by atoms with Crippen LogP contribution in [0.5, 0.6) is 5.75 Å². The predicted octanol–water partition coefficient (Wildman–Crippen LogP) is 3.36. The normalized spacial score (nSPS) is 17.3. The van der Waals surface area contributed by atoms with Crippen LogP contribution in [0.15, 0.2) is 47.1 Å². The van der Waals surface area contributed by atoms with Crippen LogP contribution in [0.2, 0.25) is 0 Å². The molecule has 1 aromatic heterocycles. The Labute approximate surface area is 353 Å². The highest BCUT2D eigenvalue weighted by atomic mass is 79.9. The Morgan fingerprint density at radius 1 is 0.983 bits per heavy atom. The number of benzene rings is 2. The van der Waals surface area contributed by atoms with Crippen molar-refractivity contribution in [3.8, 4) is 5.75 Å². The number of carbonyl (C=O) groups is 6. The lowest BCUT2D eigenvalue weighted by molar-refractivity contribution is -0.136. The minimum atomic E-state index is -3.62. The average Bonchev–Trinajstić information content (AvgIpc) is 3.46. The molecule has 2 aromatic carbocycles. The van der Waals surface area contributed by atoms with Crippen molar-refractivity contribution in [3.63, 3.8) is 0 Å². The molecule has 60 heavy (non-hydrogen) atoms. The Morgan fingerprint density at radius 2 is 1.72 bits per heavy atom. The summed E-state index contributed by atoms with van der Waals surface area (Å²) in [6.45, 7) is 0.809. The van der Waals surface area contributed by atoms with E-state index in [2.05, 4.69) is 47.2 Å². The highest BCUT2D eigenvalue weighted by Gasteiger charge is 2.46. The van der Waals surface area contributed by atoms with Crippen LogP contribution < -0.4 is 31.7 Å². The van der Waals surface area contributed by atoms with Gasteiger partial charge in [-0.25, -0.2) is 22.1 Å². The summed E-state index contributed by atoms with van der Waals surface area (Å²) in [5.41, 5.74) is 5.45. The van der Waals surface area contributed by atoms with E-state index in [1.165, 1.54) is 28.7 Å². The minimum absolute atomic E-state index is 0.00937. The summed E-state index contributed by atoms with van der Waals surface area (Å²) in [5.74, 6) is -3.74. The van der Waals surface area contributed by atoms with E-state index < -0.39 is 51.4 Å². The topological polar surface area (TPSA) is 252 Å². The Bertz CT molecular complexity index is 2270. The number of amides is 6. The number of unbranched alkanes of at least 4 members (excludes halogenated alkanes) is 4. The van der Waals surface area contributed by atoms with Crippen LogP contribution in [0.25, 0.3) is 0 Å². The van der Waals surface area contributed by atoms with Gasteiger partial charge in [0.15, 0.2) is 0 Å². The SMILES string of the molecule is NC(=O)c1c(F)cccc1Nc1nc(NC2CCN(S(=O)(=O)CCNC(=O)CCCCCCCOc3cccc4c3C(=O)N(C3CCC(=O)NC3=O)C4=O)CC2)ncc1Br. The minimum Gasteiger partial charge on any atom is -0.493 e. The highest BCUT2D eigenvalue weighted by molar-refractivity contribution is 9.10. The molecule has 4 heterocycles. The largest absolute Gasteiger partial charge is 0.493 e. The van der Waals surface area contributed by atoms with E-state index in [0.717, 1.165) is 30.2 Å². The van der Waals surface area contributed by atoms with Crippen molar-refractivity contribution in [2.45, 2.75) is 76.3 Å². The molecule has 1 unspecified atom stereocenters. The molecule has 0 radical (unpaired) electrons. The lowest BCUT2D eigenvalue weighted by Crippen LogP contribution is -2.54. The van der Waals surface area contributed by atoms with Crippen LogP contribution in [0.4, 0.5) is 21.8 Å². The number of rotatable bonds is 19. The smallest absolute Gasteiger partial charge is 0.266 e. The highest BCUT2D eigenvalue weighted by Crippen LogP contribution is 2.34. The van der Waals surface area contributed by atoms with Gasteiger partial charge in [0.05, 0.1) is 39.2 Å². The number of hydrogen-bond acceptors (Lipinski definition) is 13. The van der Waals surface area contributed by atoms with Gasteiger partial charge in [-0.1, -0.05) is 31.4 Å². The van der Waals surface area contributed by atoms with Gasteiger partial charge in [0.1, 0.15) is 23.4 Å². The van der Waals surface area contributed by atoms with Gasteiger partial charge < -0.3 is 26.4 Å². The summed E-state index contributed by atoms with van der Waals surface area (Å²) in [7, 11) is -3.62. The molecule has 18 nitrogen and oxygen atoms in total. The molecule has 2 fully saturated rings. The number of imide groups is 2. The van der Waals surface area contributed by atoms with Crippen molar-refractivity contribution < 1.29 is 46.3 Å². The van der Waals surface area contributed by atoms with E-state index in [4.69, 9.17) is 10.5 Å². The maximum atomic E-state index is 14.2. The third kappa shape index (κ3) is 10.6. The number of fused-ring (bicyclic) bond motifs is 1. The number of hydrogen-bond donors (Lipinski definition) is 5. The monoisotopic (exact) mass is 913 g/mol. The van der Waals surface area contributed by atoms with Crippen LogP contribution in [0.1, 0.15) is 95.3 Å². The number of ether oxygens (including phenoxy) is 1. The molecule has 320 valence electrons. The maximum absolute atomic E-state index is 14.2. The third-order valence-corrected chi connectivity index (χ3v) is 12.8. The zero-order valence-corrected chi connectivity index (χ0v) is 34.9. The van der Waals surface area contributed by atoms with Gasteiger partial charge in [0, 0.05) is 44.7 Å². The van der Waals surface area contributed by atoms with Crippen LogP contribution in [0, 0.1) is 5.82 Å². The molecular weight excluding hydrogens is 869 g/mol. The molecule has 6 N–H and O–H groups in total. The first-order valence-electron chi connectivity index (χ1n) is 19.6. The number of nitrogens with one attached hydrogen (secondary N) is 4. The second-order valence-electron chi connectivity index (χ2n) is 14.5. The van der Waals surface area contributed by atoms with Crippen molar-refractivity contribution in [1.29, 1.82) is 0 Å². The van der Waals surface area contributed by atoms with E-state index in [0.29, 0.717) is 36.8 Å². The van der Waals surface area contributed by atoms with E-state index in [-0.39, 0.29) is 96.5 Å². The summed E-state index contributed by atoms with van der Waals surface area (Å²) < 4.78 is 48.1. The van der Waals surface area contributed by atoms with Crippen molar-refractivity contribution in [2.75, 3.05) is 42.6 Å². The number of piperidine rings is 2. The van der Waals surface area contributed by atoms with Crippen LogP contribution in [-0.2, 0) is 24.4 Å². The van der Waals surface area contributed by atoms with Crippen LogP contribution in [0.3, 0.4) is 0 Å². The standard InChI is InChI=1S/C39H45BrFN9O9S/c40-25-22-44-39(48-35(25)46-27-10-7-9-26(41)33(27)34(42)53)45-23-15-18-49(19-16-23)60(57,58)21-17-43-30(51)12-4-2-1-3-5-20-59-29-11-6-8-24-32(29)38(56)50(37(24)55)28-13-14-31(52)47-36(28)54/h6-11,22-23,28H,1-5,12-21H2,(H2,42,53)(H,43,51)(H,47,52,54)(H2,44,45,46,48). The number of nitrogens with two attached hydrogens (primary N) is 1. The van der Waals surface area contributed by atoms with Gasteiger partial charge in [0.25, 0.3) is 17.7 Å². The quantitative estimate of drug-likeness (QED) is 0.0856. The third-order valence-electron chi connectivity index (χ3n) is 10.4. The molecule has 3 aliphatic rings. The number of sulfonamides is 1. The molecule has 3 aliphatic heterocycles. The second kappa shape index (κ2) is 19.7. The number of halogens is 2. The fourth-order valence-corrected chi connectivity index (χ4v) is 8.91. The number of carbonyl (C=O) groups excluding carboxylic acids is 6. The zero-order valence-electron chi connectivity index (χ0n) is 32.5. The fraction of sp³-hybridized carbons (Fsp3) is 0.436. The van der Waals surface area contributed by atoms with Crippen molar-refractivity contribution in [1.82, 2.24) is 29.8 Å². The Kier molecular flexibility index (Phi) is 14.4. The first-order chi connectivity index (χ1) is 28.7. The molecule has 0 aliphatic carbocycles.